The lowest BCUT2D eigenvalue weighted by Crippen LogP contribution is -2.23. The molecule has 0 aliphatic rings. The Labute approximate surface area is 202 Å². The Bertz CT molecular complexity index is 1360. The Morgan fingerprint density at radius 3 is 2.34 bits per heavy atom. The lowest BCUT2D eigenvalue weighted by Gasteiger charge is -2.27. The highest BCUT2D eigenvalue weighted by Crippen LogP contribution is 2.37. The lowest BCUT2D eigenvalue weighted by atomic mass is 10.0. The molecule has 0 amide bonds. The van der Waals surface area contributed by atoms with Crippen LogP contribution < -0.4 is 15.5 Å². The van der Waals surface area contributed by atoms with Crippen molar-refractivity contribution in [1.82, 2.24) is 15.5 Å². The van der Waals surface area contributed by atoms with E-state index in [2.05, 4.69) is 34.0 Å². The van der Waals surface area contributed by atoms with Gasteiger partial charge in [0.15, 0.2) is 5.82 Å². The van der Waals surface area contributed by atoms with Gasteiger partial charge in [0.05, 0.1) is 16.8 Å². The molecule has 3 aromatic carbocycles. The van der Waals surface area contributed by atoms with Crippen molar-refractivity contribution in [3.05, 3.63) is 103 Å². The van der Waals surface area contributed by atoms with E-state index in [0.29, 0.717) is 24.5 Å². The highest BCUT2D eigenvalue weighted by molar-refractivity contribution is 5.89. The van der Waals surface area contributed by atoms with Gasteiger partial charge in [-0.1, -0.05) is 61.7 Å². The second kappa shape index (κ2) is 9.97. The highest BCUT2D eigenvalue weighted by atomic mass is 19.4. The van der Waals surface area contributed by atoms with Crippen LogP contribution in [0, 0.1) is 0 Å². The van der Waals surface area contributed by atoms with Gasteiger partial charge in [0.1, 0.15) is 0 Å². The molecule has 0 fully saturated rings. The van der Waals surface area contributed by atoms with Gasteiger partial charge in [0.2, 0.25) is 0 Å². The summed E-state index contributed by atoms with van der Waals surface area (Å²) in [6, 6.07) is 20.7. The average molecular weight is 478 g/mol. The number of halogens is 3. The minimum absolute atomic E-state index is 0.0336. The van der Waals surface area contributed by atoms with Gasteiger partial charge in [-0.3, -0.25) is 5.10 Å². The summed E-state index contributed by atoms with van der Waals surface area (Å²) in [7, 11) is 1.70. The number of alkyl halides is 3. The number of hydrogen-bond acceptors (Lipinski definition) is 4. The monoisotopic (exact) mass is 477 g/mol. The van der Waals surface area contributed by atoms with Gasteiger partial charge in [0, 0.05) is 48.0 Å². The molecular formula is C27H26F3N5. The molecule has 4 aromatic rings. The van der Waals surface area contributed by atoms with E-state index in [9.17, 15) is 13.2 Å². The molecule has 3 N–H and O–H groups in total. The summed E-state index contributed by atoms with van der Waals surface area (Å²) in [5, 5.41) is 14.9. The number of nitrogens with zero attached hydrogens (tertiary/aromatic N) is 2. The van der Waals surface area contributed by atoms with Crippen LogP contribution in [0.4, 0.5) is 24.7 Å². The van der Waals surface area contributed by atoms with Crippen molar-refractivity contribution < 1.29 is 13.2 Å². The molecule has 0 atom stereocenters. The van der Waals surface area contributed by atoms with Crippen LogP contribution in [0.2, 0.25) is 0 Å². The summed E-state index contributed by atoms with van der Waals surface area (Å²) in [5.74, 6) is 0.771. The molecule has 1 heterocycles. The van der Waals surface area contributed by atoms with E-state index >= 15 is 0 Å². The number of hydrogen-bond donors (Lipinski definition) is 3. The number of benzene rings is 3. The number of aromatic amines is 1. The summed E-state index contributed by atoms with van der Waals surface area (Å²) in [6.45, 7) is 9.27. The fourth-order valence-electron chi connectivity index (χ4n) is 3.92. The van der Waals surface area contributed by atoms with Crippen molar-refractivity contribution in [1.29, 1.82) is 0 Å². The van der Waals surface area contributed by atoms with Crippen molar-refractivity contribution in [2.45, 2.75) is 6.18 Å². The zero-order valence-electron chi connectivity index (χ0n) is 19.3. The first-order valence-electron chi connectivity index (χ1n) is 11.1. The van der Waals surface area contributed by atoms with Crippen LogP contribution in [0.15, 0.2) is 86.0 Å². The summed E-state index contributed by atoms with van der Waals surface area (Å²) in [4.78, 5) is 1.65. The fourth-order valence-corrected chi connectivity index (χ4v) is 3.92. The molecule has 180 valence electrons. The molecule has 0 radical (unpaired) electrons. The maximum Gasteiger partial charge on any atom is 0.417 e. The molecule has 0 aliphatic carbocycles. The van der Waals surface area contributed by atoms with Crippen LogP contribution in [-0.2, 0) is 6.18 Å². The number of nitrogens with one attached hydrogen (secondary N) is 3. The Morgan fingerprint density at radius 1 is 0.914 bits per heavy atom. The first-order valence-corrected chi connectivity index (χ1v) is 11.1. The van der Waals surface area contributed by atoms with E-state index < -0.39 is 11.7 Å². The Morgan fingerprint density at radius 2 is 1.57 bits per heavy atom. The number of anilines is 2. The van der Waals surface area contributed by atoms with Crippen molar-refractivity contribution in [3.8, 4) is 0 Å². The lowest BCUT2D eigenvalue weighted by molar-refractivity contribution is -0.137. The third-order valence-electron chi connectivity index (χ3n) is 5.76. The Kier molecular flexibility index (Phi) is 6.82. The van der Waals surface area contributed by atoms with Crippen LogP contribution in [0.25, 0.3) is 22.3 Å². The third kappa shape index (κ3) is 5.16. The third-order valence-corrected chi connectivity index (χ3v) is 5.76. The minimum atomic E-state index is -4.47. The van der Waals surface area contributed by atoms with E-state index in [4.69, 9.17) is 0 Å². The topological polar surface area (TPSA) is 56.0 Å². The molecule has 0 aliphatic heterocycles. The normalized spacial score (nSPS) is 11.3. The molecule has 8 heteroatoms. The zero-order valence-corrected chi connectivity index (χ0v) is 19.3. The molecule has 0 bridgehead atoms. The number of aromatic nitrogens is 2. The van der Waals surface area contributed by atoms with E-state index in [1.165, 1.54) is 12.1 Å². The summed E-state index contributed by atoms with van der Waals surface area (Å²) < 4.78 is 40.6. The molecule has 4 rings (SSSR count). The molecule has 0 spiro atoms. The molecule has 35 heavy (non-hydrogen) atoms. The van der Waals surface area contributed by atoms with Gasteiger partial charge in [0.25, 0.3) is 0 Å². The van der Waals surface area contributed by atoms with Crippen LogP contribution in [0.1, 0.15) is 16.7 Å². The molecule has 5 nitrogen and oxygen atoms in total. The van der Waals surface area contributed by atoms with Crippen molar-refractivity contribution in [2.75, 3.05) is 30.4 Å². The van der Waals surface area contributed by atoms with Crippen molar-refractivity contribution in [2.24, 2.45) is 0 Å². The number of para-hydroxylation sites is 2. The average Bonchev–Trinajstić information content (AvgIpc) is 3.28. The van der Waals surface area contributed by atoms with E-state index in [1.807, 2.05) is 48.5 Å². The number of rotatable bonds is 9. The van der Waals surface area contributed by atoms with Gasteiger partial charge in [-0.2, -0.15) is 18.3 Å². The van der Waals surface area contributed by atoms with E-state index in [-0.39, 0.29) is 11.3 Å². The molecule has 1 aromatic heterocycles. The number of H-pyrrole nitrogens is 1. The maximum atomic E-state index is 13.5. The second-order valence-corrected chi connectivity index (χ2v) is 8.02. The zero-order chi connectivity index (χ0) is 25.0. The quantitative estimate of drug-likeness (QED) is 0.246. The summed E-state index contributed by atoms with van der Waals surface area (Å²) >= 11 is 0. The summed E-state index contributed by atoms with van der Waals surface area (Å²) in [5.41, 5.74) is 2.62. The van der Waals surface area contributed by atoms with Gasteiger partial charge >= 0.3 is 6.18 Å². The molecular weight excluding hydrogens is 451 g/mol. The smallest absolute Gasteiger partial charge is 0.383 e. The standard InChI is InChI=1S/C27H26F3N5/c1-18(31-16-17-32-26-22-12-5-8-14-24(22)33-34-26)20-10-6-9-15-25(20)35(3)19(2)21-11-4-7-13-23(21)27(28,29)30/h4-15,31H,1-2,16-17H2,3H3,(H2,32,33,34). The molecule has 0 saturated heterocycles. The summed E-state index contributed by atoms with van der Waals surface area (Å²) in [6.07, 6.45) is -4.47. The predicted molar refractivity (Wildman–Crippen MR) is 137 cm³/mol. The highest BCUT2D eigenvalue weighted by Gasteiger charge is 2.34. The largest absolute Gasteiger partial charge is 0.417 e. The minimum Gasteiger partial charge on any atom is -0.383 e. The van der Waals surface area contributed by atoms with Crippen LogP contribution in [-0.4, -0.2) is 30.3 Å². The first kappa shape index (κ1) is 23.9. The first-order chi connectivity index (χ1) is 16.8. The molecule has 0 unspecified atom stereocenters. The van der Waals surface area contributed by atoms with Gasteiger partial charge in [-0.05, 0) is 24.3 Å². The molecule has 0 saturated carbocycles. The SMILES string of the molecule is C=C(NCCNc1n[nH]c2ccccc12)c1ccccc1N(C)C(=C)c1ccccc1C(F)(F)F. The number of fused-ring (bicyclic) bond motifs is 1. The van der Waals surface area contributed by atoms with Crippen molar-refractivity contribution >= 4 is 33.8 Å². The second-order valence-electron chi connectivity index (χ2n) is 8.02. The maximum absolute atomic E-state index is 13.5. The fraction of sp³-hybridized carbons (Fsp3) is 0.148. The van der Waals surface area contributed by atoms with Crippen LogP contribution in [0.3, 0.4) is 0 Å². The van der Waals surface area contributed by atoms with E-state index in [0.717, 1.165) is 28.4 Å². The van der Waals surface area contributed by atoms with Crippen LogP contribution in [0.5, 0.6) is 0 Å². The van der Waals surface area contributed by atoms with E-state index in [1.54, 1.807) is 18.0 Å². The van der Waals surface area contributed by atoms with Crippen LogP contribution >= 0.6 is 0 Å². The Balaban J connectivity index is 1.45. The van der Waals surface area contributed by atoms with Gasteiger partial charge in [-0.25, -0.2) is 0 Å². The predicted octanol–water partition coefficient (Wildman–Crippen LogP) is 6.36. The Hall–Kier alpha value is -4.20. The van der Waals surface area contributed by atoms with Gasteiger partial charge < -0.3 is 15.5 Å². The van der Waals surface area contributed by atoms with Gasteiger partial charge in [-0.15, -0.1) is 0 Å². The van der Waals surface area contributed by atoms with Crippen molar-refractivity contribution in [3.63, 3.8) is 0 Å².